The van der Waals surface area contributed by atoms with Gasteiger partial charge in [0, 0.05) is 5.56 Å². The van der Waals surface area contributed by atoms with Crippen LogP contribution in [-0.4, -0.2) is 65.9 Å². The van der Waals surface area contributed by atoms with Gasteiger partial charge in [-0.25, -0.2) is 0 Å². The van der Waals surface area contributed by atoms with E-state index >= 15 is 0 Å². The van der Waals surface area contributed by atoms with Gasteiger partial charge in [0.15, 0.2) is 0 Å². The van der Waals surface area contributed by atoms with Crippen molar-refractivity contribution in [3.05, 3.63) is 59.8 Å². The standard InChI is InChI=1S/C19H20ClN4.C2H6.Pb/c1-23-8-10-24(11-9-23)19-7-6-14(13-21-19)18-12-16(20)15-4-2-3-5-17(15)22-18;1-2;/h2-7,12-13,18,22H,1,8-11H2;1-2H3;. The van der Waals surface area contributed by atoms with E-state index in [4.69, 9.17) is 16.6 Å². The van der Waals surface area contributed by atoms with Gasteiger partial charge in [-0.3, -0.25) is 0 Å². The molecule has 1 aromatic heterocycles. The van der Waals surface area contributed by atoms with Crippen LogP contribution in [-0.2, 0) is 0 Å². The molecule has 2 aliphatic rings. The number of halogens is 1. The fourth-order valence-corrected chi connectivity index (χ4v) is 4.87. The normalized spacial score (nSPS) is 19.3. The quantitative estimate of drug-likeness (QED) is 0.558. The summed E-state index contributed by atoms with van der Waals surface area (Å²) in [5.41, 5.74) is 3.26. The van der Waals surface area contributed by atoms with E-state index in [9.17, 15) is 0 Å². The average Bonchev–Trinajstić information content (AvgIpc) is 2.75. The topological polar surface area (TPSA) is 31.4 Å². The molecule has 3 radical (unpaired) electrons. The van der Waals surface area contributed by atoms with Gasteiger partial charge in [-0.05, 0) is 6.07 Å². The molecule has 27 heavy (non-hydrogen) atoms. The third-order valence-corrected chi connectivity index (χ3v) is 6.93. The van der Waals surface area contributed by atoms with Crippen LogP contribution in [0.1, 0.15) is 31.0 Å². The summed E-state index contributed by atoms with van der Waals surface area (Å²) in [7, 11) is 0. The zero-order valence-corrected chi connectivity index (χ0v) is 20.6. The third kappa shape index (κ3) is 4.84. The number of para-hydroxylation sites is 1. The van der Waals surface area contributed by atoms with Crippen molar-refractivity contribution >= 4 is 53.9 Å². The molecule has 1 saturated heterocycles. The van der Waals surface area contributed by atoms with Crippen LogP contribution in [0.15, 0.2) is 48.7 Å². The summed E-state index contributed by atoms with van der Waals surface area (Å²) in [6.45, 7) is 8.42. The Kier molecular flexibility index (Phi) is 7.55. The zero-order chi connectivity index (χ0) is 19.2. The van der Waals surface area contributed by atoms with Gasteiger partial charge in [-0.15, -0.1) is 0 Å². The molecule has 0 spiro atoms. The Morgan fingerprint density at radius 2 is 1.85 bits per heavy atom. The number of nitrogens with one attached hydrogen (secondary N) is 1. The van der Waals surface area contributed by atoms with E-state index in [-0.39, 0.29) is 6.04 Å². The minimum atomic E-state index is 0.0610. The predicted octanol–water partition coefficient (Wildman–Crippen LogP) is 4.10. The molecule has 6 heteroatoms. The van der Waals surface area contributed by atoms with Crippen LogP contribution in [0.4, 0.5) is 11.5 Å². The number of aromatic nitrogens is 1. The van der Waals surface area contributed by atoms with Crippen molar-refractivity contribution in [3.8, 4) is 0 Å². The van der Waals surface area contributed by atoms with Gasteiger partial charge in [0.25, 0.3) is 0 Å². The second kappa shape index (κ2) is 9.89. The predicted molar refractivity (Wildman–Crippen MR) is 117 cm³/mol. The first kappa shape index (κ1) is 20.6. The Morgan fingerprint density at radius 1 is 1.11 bits per heavy atom. The summed E-state index contributed by atoms with van der Waals surface area (Å²) >= 11 is 7.71. The Morgan fingerprint density at radius 3 is 2.52 bits per heavy atom. The van der Waals surface area contributed by atoms with Gasteiger partial charge in [0.2, 0.25) is 0 Å². The van der Waals surface area contributed by atoms with Crippen LogP contribution in [0.3, 0.4) is 0 Å². The number of fused-ring (bicyclic) bond motifs is 1. The molecular weight excluding hydrogens is 551 g/mol. The fourth-order valence-electron chi connectivity index (χ4n) is 3.35. The zero-order valence-electron chi connectivity index (χ0n) is 16.0. The first-order valence-electron chi connectivity index (χ1n) is 9.56. The Bertz CT molecular complexity index is 770. The van der Waals surface area contributed by atoms with Crippen molar-refractivity contribution in [1.82, 2.24) is 9.88 Å². The first-order valence-corrected chi connectivity index (χ1v) is 12.7. The van der Waals surface area contributed by atoms with Crippen LogP contribution in [0.25, 0.3) is 5.03 Å². The molecule has 1 N–H and O–H groups in total. The molecule has 0 saturated carbocycles. The summed E-state index contributed by atoms with van der Waals surface area (Å²) in [6.07, 6.45) is 4.03. The van der Waals surface area contributed by atoms with Crippen molar-refractivity contribution < 1.29 is 0 Å². The summed E-state index contributed by atoms with van der Waals surface area (Å²) in [6, 6.07) is 12.5. The van der Waals surface area contributed by atoms with Gasteiger partial charge in [-0.1, -0.05) is 43.6 Å². The molecule has 1 aromatic carbocycles. The van der Waals surface area contributed by atoms with Gasteiger partial charge in [0.1, 0.15) is 0 Å². The van der Waals surface area contributed by atoms with E-state index < -0.39 is 0 Å². The number of piperazine rings is 1. The van der Waals surface area contributed by atoms with Crippen molar-refractivity contribution in [2.45, 2.75) is 19.9 Å². The van der Waals surface area contributed by atoms with E-state index in [1.165, 1.54) is 29.9 Å². The fraction of sp³-hybridized carbons (Fsp3) is 0.381. The smallest absolute Gasteiger partial charge is 0.0615 e. The van der Waals surface area contributed by atoms with Crippen LogP contribution in [0.2, 0.25) is 0 Å². The molecule has 0 amide bonds. The average molecular weight is 577 g/mol. The number of anilines is 2. The molecule has 1 unspecified atom stereocenters. The van der Waals surface area contributed by atoms with Crippen LogP contribution in [0.5, 0.6) is 0 Å². The van der Waals surface area contributed by atoms with Crippen molar-refractivity contribution in [1.29, 1.82) is 0 Å². The number of nitrogens with zero attached hydrogens (tertiary/aromatic N) is 3. The van der Waals surface area contributed by atoms with E-state index in [1.807, 2.05) is 38.2 Å². The second-order valence-corrected chi connectivity index (χ2v) is 8.03. The molecule has 141 valence electrons. The van der Waals surface area contributed by atoms with Crippen molar-refractivity contribution in [3.63, 3.8) is 0 Å². The van der Waals surface area contributed by atoms with Crippen molar-refractivity contribution in [2.24, 2.45) is 0 Å². The minimum Gasteiger partial charge on any atom is -0.0615 e. The van der Waals surface area contributed by atoms with E-state index in [0.29, 0.717) is 0 Å². The summed E-state index contributed by atoms with van der Waals surface area (Å²) < 4.78 is 1.27. The Balaban J connectivity index is 0.00000102. The molecule has 2 aliphatic heterocycles. The van der Waals surface area contributed by atoms with E-state index in [0.717, 1.165) is 53.8 Å². The Labute approximate surface area is 183 Å². The summed E-state index contributed by atoms with van der Waals surface area (Å²) in [4.78, 5) is 9.63. The van der Waals surface area contributed by atoms with Gasteiger partial charge in [-0.2, -0.15) is 0 Å². The Hall–Kier alpha value is -1.12. The molecule has 4 rings (SSSR count). The maximum absolute atomic E-state index is 6.46. The molecule has 3 heterocycles. The first-order chi connectivity index (χ1) is 13.2. The van der Waals surface area contributed by atoms with Crippen molar-refractivity contribution in [2.75, 3.05) is 40.5 Å². The molecular formula is C21H26ClN4Pb. The second-order valence-electron chi connectivity index (χ2n) is 6.40. The van der Waals surface area contributed by atoms with E-state index in [2.05, 4.69) is 39.4 Å². The van der Waals surface area contributed by atoms with E-state index in [1.54, 1.807) is 0 Å². The van der Waals surface area contributed by atoms with Gasteiger partial charge < -0.3 is 0 Å². The third-order valence-electron chi connectivity index (χ3n) is 4.86. The summed E-state index contributed by atoms with van der Waals surface area (Å²) in [5.74, 6) is 1.07. The number of pyridine rings is 1. The minimum absolute atomic E-state index is 0.0610. The number of benzene rings is 1. The molecule has 1 fully saturated rings. The maximum atomic E-state index is 6.46. The molecule has 0 aliphatic carbocycles. The monoisotopic (exact) mass is 577 g/mol. The molecule has 0 bridgehead atoms. The number of hydrogen-bond acceptors (Lipinski definition) is 4. The number of hydrogen-bond donors (Lipinski definition) is 1. The summed E-state index contributed by atoms with van der Waals surface area (Å²) in [5, 5.41) is 4.33. The van der Waals surface area contributed by atoms with Crippen LogP contribution in [0, 0.1) is 0 Å². The molecule has 2 aromatic rings. The molecule has 1 atom stereocenters. The number of rotatable bonds is 3. The van der Waals surface area contributed by atoms with Gasteiger partial charge in [0.05, 0.1) is 0 Å². The van der Waals surface area contributed by atoms with Gasteiger partial charge >= 0.3 is 129 Å². The molecule has 4 nitrogen and oxygen atoms in total. The van der Waals surface area contributed by atoms with Crippen LogP contribution < -0.4 is 10.2 Å². The SMILES string of the molecule is CC.ClC1=CC(c2ccc(N3CCN([CH2][Pb])CC3)nc2)Nc2ccccc21. The van der Waals surface area contributed by atoms with Crippen LogP contribution >= 0.6 is 11.6 Å².